The molecule has 1 aliphatic rings. The van der Waals surface area contributed by atoms with Crippen LogP contribution in [0.5, 0.6) is 0 Å². The highest BCUT2D eigenvalue weighted by Crippen LogP contribution is 2.28. The van der Waals surface area contributed by atoms with Crippen LogP contribution >= 0.6 is 11.6 Å². The van der Waals surface area contributed by atoms with Crippen LogP contribution in [-0.4, -0.2) is 15.9 Å². The molecule has 1 aliphatic carbocycles. The van der Waals surface area contributed by atoms with Gasteiger partial charge in [0.25, 0.3) is 0 Å². The van der Waals surface area contributed by atoms with E-state index in [9.17, 15) is 10.1 Å². The highest BCUT2D eigenvalue weighted by atomic mass is 35.5. The Balaban J connectivity index is 1.83. The second kappa shape index (κ2) is 5.09. The number of anilines is 1. The molecule has 2 aromatic rings. The molecule has 1 aromatic carbocycles. The maximum atomic E-state index is 11.0. The summed E-state index contributed by atoms with van der Waals surface area (Å²) in [7, 11) is 0. The van der Waals surface area contributed by atoms with Crippen LogP contribution in [-0.2, 0) is 12.8 Å². The summed E-state index contributed by atoms with van der Waals surface area (Å²) in [5.74, 6) is 0.236. The molecule has 1 N–H and O–H groups in total. The van der Waals surface area contributed by atoms with E-state index in [1.54, 1.807) is 0 Å². The van der Waals surface area contributed by atoms with Gasteiger partial charge in [0.05, 0.1) is 4.92 Å². The molecule has 20 heavy (non-hydrogen) atoms. The second-order valence-electron chi connectivity index (χ2n) is 4.78. The molecule has 1 aromatic heterocycles. The number of aromatic nitrogens is 1. The van der Waals surface area contributed by atoms with E-state index >= 15 is 0 Å². The van der Waals surface area contributed by atoms with Crippen LogP contribution < -0.4 is 5.32 Å². The van der Waals surface area contributed by atoms with Crippen LogP contribution in [0.25, 0.3) is 0 Å². The van der Waals surface area contributed by atoms with E-state index in [0.29, 0.717) is 0 Å². The van der Waals surface area contributed by atoms with E-state index in [2.05, 4.69) is 22.4 Å². The van der Waals surface area contributed by atoms with E-state index in [0.717, 1.165) is 12.8 Å². The maximum absolute atomic E-state index is 11.0. The van der Waals surface area contributed by atoms with Gasteiger partial charge in [-0.1, -0.05) is 35.9 Å². The summed E-state index contributed by atoms with van der Waals surface area (Å²) in [5.41, 5.74) is 2.50. The average Bonchev–Trinajstić information content (AvgIpc) is 2.80. The average molecular weight is 290 g/mol. The summed E-state index contributed by atoms with van der Waals surface area (Å²) in [4.78, 5) is 14.6. The monoisotopic (exact) mass is 289 g/mol. The fraction of sp³-hybridized carbons (Fsp3) is 0.214. The molecule has 0 radical (unpaired) electrons. The molecule has 3 rings (SSSR count). The van der Waals surface area contributed by atoms with Gasteiger partial charge >= 0.3 is 5.69 Å². The Bertz CT molecular complexity index is 650. The zero-order chi connectivity index (χ0) is 14.1. The van der Waals surface area contributed by atoms with Crippen LogP contribution in [0.3, 0.4) is 0 Å². The van der Waals surface area contributed by atoms with Crippen molar-refractivity contribution in [3.8, 4) is 0 Å². The lowest BCUT2D eigenvalue weighted by molar-refractivity contribution is -0.384. The molecule has 0 saturated heterocycles. The van der Waals surface area contributed by atoms with Gasteiger partial charge in [-0.2, -0.15) is 0 Å². The van der Waals surface area contributed by atoms with Crippen molar-refractivity contribution in [3.05, 3.63) is 62.8 Å². The Morgan fingerprint density at radius 1 is 1.20 bits per heavy atom. The molecule has 6 heteroatoms. The van der Waals surface area contributed by atoms with Crippen LogP contribution in [0.4, 0.5) is 11.5 Å². The summed E-state index contributed by atoms with van der Waals surface area (Å²) < 4.78 is 0. The lowest BCUT2D eigenvalue weighted by Crippen LogP contribution is -2.21. The second-order valence-corrected chi connectivity index (χ2v) is 5.16. The van der Waals surface area contributed by atoms with E-state index in [-0.39, 0.29) is 22.7 Å². The Labute approximate surface area is 120 Å². The first-order chi connectivity index (χ1) is 9.63. The largest absolute Gasteiger partial charge is 0.361 e. The number of hydrogen-bond acceptors (Lipinski definition) is 4. The van der Waals surface area contributed by atoms with Gasteiger partial charge in [-0.15, -0.1) is 0 Å². The zero-order valence-corrected chi connectivity index (χ0v) is 11.3. The summed E-state index contributed by atoms with van der Waals surface area (Å²) in [6.07, 6.45) is 1.67. The van der Waals surface area contributed by atoms with Crippen molar-refractivity contribution >= 4 is 23.1 Å². The van der Waals surface area contributed by atoms with Crippen molar-refractivity contribution in [2.75, 3.05) is 5.32 Å². The summed E-state index contributed by atoms with van der Waals surface area (Å²) in [6, 6.07) is 11.1. The summed E-state index contributed by atoms with van der Waals surface area (Å²) >= 11 is 5.82. The van der Waals surface area contributed by atoms with Crippen molar-refractivity contribution in [2.24, 2.45) is 0 Å². The topological polar surface area (TPSA) is 68.1 Å². The third kappa shape index (κ3) is 2.44. The number of pyridine rings is 1. The smallest absolute Gasteiger partial charge is 0.311 e. The molecular formula is C14H12ClN3O2. The van der Waals surface area contributed by atoms with Crippen molar-refractivity contribution < 1.29 is 4.92 Å². The Kier molecular flexibility index (Phi) is 3.28. The third-order valence-corrected chi connectivity index (χ3v) is 3.64. The molecule has 0 aliphatic heterocycles. The normalized spacial score (nSPS) is 14.1. The lowest BCUT2D eigenvalue weighted by Gasteiger charge is -2.12. The molecule has 0 bridgehead atoms. The third-order valence-electron chi connectivity index (χ3n) is 3.43. The number of nitrogens with one attached hydrogen (secondary N) is 1. The van der Waals surface area contributed by atoms with E-state index in [1.807, 2.05) is 12.1 Å². The number of fused-ring (bicyclic) bond motifs is 1. The van der Waals surface area contributed by atoms with Gasteiger partial charge in [0.1, 0.15) is 5.15 Å². The number of rotatable bonds is 3. The maximum Gasteiger partial charge on any atom is 0.311 e. The molecular weight excluding hydrogens is 278 g/mol. The number of nitro groups is 1. The van der Waals surface area contributed by atoms with Gasteiger partial charge < -0.3 is 5.32 Å². The van der Waals surface area contributed by atoms with E-state index in [4.69, 9.17) is 11.6 Å². The molecule has 0 saturated carbocycles. The molecule has 0 amide bonds. The van der Waals surface area contributed by atoms with Crippen LogP contribution in [0.15, 0.2) is 36.4 Å². The van der Waals surface area contributed by atoms with Gasteiger partial charge in [0.2, 0.25) is 5.82 Å². The molecule has 102 valence electrons. The number of halogens is 1. The minimum absolute atomic E-state index is 0.0506. The summed E-state index contributed by atoms with van der Waals surface area (Å²) in [6.45, 7) is 0. The van der Waals surface area contributed by atoms with Gasteiger partial charge in [-0.25, -0.2) is 4.98 Å². The SMILES string of the molecule is O=[N+]([O-])c1ccc(Cl)nc1NC1Cc2ccccc2C1. The molecule has 0 spiro atoms. The number of nitrogens with zero attached hydrogens (tertiary/aromatic N) is 2. The Hall–Kier alpha value is -2.14. The van der Waals surface area contributed by atoms with Crippen LogP contribution in [0.1, 0.15) is 11.1 Å². The van der Waals surface area contributed by atoms with Gasteiger partial charge in [0, 0.05) is 12.1 Å². The zero-order valence-electron chi connectivity index (χ0n) is 10.5. The fourth-order valence-electron chi connectivity index (χ4n) is 2.54. The highest BCUT2D eigenvalue weighted by Gasteiger charge is 2.24. The van der Waals surface area contributed by atoms with Crippen LogP contribution in [0, 0.1) is 10.1 Å². The quantitative estimate of drug-likeness (QED) is 0.535. The first kappa shape index (κ1) is 12.9. The first-order valence-corrected chi connectivity index (χ1v) is 6.65. The Morgan fingerprint density at radius 3 is 2.45 bits per heavy atom. The number of benzene rings is 1. The Morgan fingerprint density at radius 2 is 1.85 bits per heavy atom. The van der Waals surface area contributed by atoms with Gasteiger partial charge in [-0.05, 0) is 30.0 Å². The summed E-state index contributed by atoms with van der Waals surface area (Å²) in [5, 5.41) is 14.4. The van der Waals surface area contributed by atoms with Gasteiger partial charge in [0.15, 0.2) is 0 Å². The molecule has 0 fully saturated rings. The molecule has 1 heterocycles. The van der Waals surface area contributed by atoms with Gasteiger partial charge in [-0.3, -0.25) is 10.1 Å². The van der Waals surface area contributed by atoms with Crippen molar-refractivity contribution in [3.63, 3.8) is 0 Å². The molecule has 0 atom stereocenters. The van der Waals surface area contributed by atoms with Crippen LogP contribution in [0.2, 0.25) is 5.15 Å². The van der Waals surface area contributed by atoms with E-state index < -0.39 is 4.92 Å². The van der Waals surface area contributed by atoms with Crippen molar-refractivity contribution in [1.29, 1.82) is 0 Å². The lowest BCUT2D eigenvalue weighted by atomic mass is 10.1. The number of hydrogen-bond donors (Lipinski definition) is 1. The standard InChI is InChI=1S/C14H12ClN3O2/c15-13-6-5-12(18(19)20)14(17-13)16-11-7-9-3-1-2-4-10(9)8-11/h1-6,11H,7-8H2,(H,16,17). The fourth-order valence-corrected chi connectivity index (χ4v) is 2.68. The predicted molar refractivity (Wildman–Crippen MR) is 77.2 cm³/mol. The minimum Gasteiger partial charge on any atom is -0.361 e. The predicted octanol–water partition coefficient (Wildman–Crippen LogP) is 3.22. The highest BCUT2D eigenvalue weighted by molar-refractivity contribution is 6.29. The molecule has 0 unspecified atom stereocenters. The van der Waals surface area contributed by atoms with Crippen molar-refractivity contribution in [1.82, 2.24) is 4.98 Å². The van der Waals surface area contributed by atoms with E-state index in [1.165, 1.54) is 23.3 Å². The minimum atomic E-state index is -0.451. The molecule has 5 nitrogen and oxygen atoms in total. The van der Waals surface area contributed by atoms with Crippen molar-refractivity contribution in [2.45, 2.75) is 18.9 Å². The first-order valence-electron chi connectivity index (χ1n) is 6.28.